The first-order valence-electron chi connectivity index (χ1n) is 8.25. The lowest BCUT2D eigenvalue weighted by molar-refractivity contribution is 0.0567. The monoisotopic (exact) mass is 379 g/mol. The van der Waals surface area contributed by atoms with Gasteiger partial charge in [-0.15, -0.1) is 0 Å². The molecule has 0 fully saturated rings. The number of esters is 1. The van der Waals surface area contributed by atoms with Crippen molar-refractivity contribution >= 4 is 17.9 Å². The number of rotatable bonds is 5. The Morgan fingerprint density at radius 3 is 2.67 bits per heavy atom. The molecule has 0 aromatic carbocycles. The van der Waals surface area contributed by atoms with Gasteiger partial charge in [0.2, 0.25) is 5.89 Å². The molecule has 2 aromatic heterocycles. The minimum Gasteiger partial charge on any atom is -0.464 e. The Hall–Kier alpha value is -2.97. The van der Waals surface area contributed by atoms with Crippen molar-refractivity contribution in [2.45, 2.75) is 39.5 Å². The summed E-state index contributed by atoms with van der Waals surface area (Å²) in [6.45, 7) is 6.25. The van der Waals surface area contributed by atoms with Crippen molar-refractivity contribution in [3.63, 3.8) is 0 Å². The van der Waals surface area contributed by atoms with Crippen molar-refractivity contribution in [1.29, 1.82) is 0 Å². The zero-order chi connectivity index (χ0) is 20.2. The molecular formula is C18H22FN3O5. The molecule has 146 valence electrons. The molecule has 0 aliphatic heterocycles. The molecule has 0 bridgehead atoms. The molecule has 1 amide bonds. The molecule has 27 heavy (non-hydrogen) atoms. The number of hydrogen-bond donors (Lipinski definition) is 0. The van der Waals surface area contributed by atoms with Gasteiger partial charge in [-0.3, -0.25) is 4.90 Å². The normalized spacial score (nSPS) is 12.4. The van der Waals surface area contributed by atoms with Crippen LogP contribution in [0.15, 0.2) is 29.0 Å². The number of aromatic nitrogens is 2. The molecule has 2 heterocycles. The van der Waals surface area contributed by atoms with E-state index in [9.17, 15) is 14.0 Å². The number of ether oxygens (including phenoxy) is 2. The molecular weight excluding hydrogens is 357 g/mol. The predicted molar refractivity (Wildman–Crippen MR) is 95.2 cm³/mol. The number of nitrogens with zero attached hydrogens (tertiary/aromatic N) is 3. The van der Waals surface area contributed by atoms with Crippen LogP contribution in [0, 0.1) is 0 Å². The highest BCUT2D eigenvalue weighted by atomic mass is 19.1. The fourth-order valence-electron chi connectivity index (χ4n) is 2.13. The van der Waals surface area contributed by atoms with Crippen LogP contribution in [0.2, 0.25) is 0 Å². The number of hydrogen-bond acceptors (Lipinski definition) is 7. The van der Waals surface area contributed by atoms with Crippen LogP contribution in [0.4, 0.5) is 15.0 Å². The number of carbonyl (C=O) groups excluding carboxylic acids is 2. The van der Waals surface area contributed by atoms with Gasteiger partial charge in [0, 0.05) is 11.8 Å². The van der Waals surface area contributed by atoms with Gasteiger partial charge in [-0.1, -0.05) is 0 Å². The number of oxazole rings is 1. The summed E-state index contributed by atoms with van der Waals surface area (Å²) in [6, 6.07) is 3.09. The number of carbonyl (C=O) groups is 2. The second-order valence-corrected chi connectivity index (χ2v) is 6.80. The number of methoxy groups -OCH3 is 1. The molecule has 0 saturated heterocycles. The van der Waals surface area contributed by atoms with Gasteiger partial charge in [0.1, 0.15) is 23.9 Å². The minimum atomic E-state index is -1.30. The van der Waals surface area contributed by atoms with E-state index in [0.29, 0.717) is 5.56 Å². The van der Waals surface area contributed by atoms with E-state index in [1.165, 1.54) is 26.3 Å². The number of anilines is 1. The van der Waals surface area contributed by atoms with E-state index in [2.05, 4.69) is 14.7 Å². The van der Waals surface area contributed by atoms with Crippen LogP contribution in [-0.2, 0) is 9.47 Å². The van der Waals surface area contributed by atoms with Crippen molar-refractivity contribution < 1.29 is 27.9 Å². The van der Waals surface area contributed by atoms with Gasteiger partial charge in [-0.2, -0.15) is 0 Å². The lowest BCUT2D eigenvalue weighted by Gasteiger charge is -2.27. The van der Waals surface area contributed by atoms with Crippen molar-refractivity contribution in [2.75, 3.05) is 18.6 Å². The SMILES string of the molecule is COC(=O)c1coc(-c2ccnc(N(CC(C)F)C(=O)OC(C)(C)C)c2)n1. The molecule has 0 aliphatic rings. The van der Waals surface area contributed by atoms with Gasteiger partial charge >= 0.3 is 12.1 Å². The first-order valence-corrected chi connectivity index (χ1v) is 8.25. The molecule has 0 aliphatic carbocycles. The van der Waals surface area contributed by atoms with Crippen LogP contribution in [0.25, 0.3) is 11.5 Å². The first-order chi connectivity index (χ1) is 12.6. The van der Waals surface area contributed by atoms with Crippen molar-refractivity contribution in [2.24, 2.45) is 0 Å². The fourth-order valence-corrected chi connectivity index (χ4v) is 2.13. The largest absolute Gasteiger partial charge is 0.464 e. The van der Waals surface area contributed by atoms with Gasteiger partial charge in [-0.05, 0) is 39.8 Å². The lowest BCUT2D eigenvalue weighted by Crippen LogP contribution is -2.40. The maximum Gasteiger partial charge on any atom is 0.416 e. The quantitative estimate of drug-likeness (QED) is 0.732. The Kier molecular flexibility index (Phi) is 6.14. The smallest absolute Gasteiger partial charge is 0.416 e. The molecule has 0 spiro atoms. The van der Waals surface area contributed by atoms with E-state index >= 15 is 0 Å². The van der Waals surface area contributed by atoms with E-state index in [4.69, 9.17) is 9.15 Å². The Morgan fingerprint density at radius 2 is 2.07 bits per heavy atom. The van der Waals surface area contributed by atoms with Crippen LogP contribution in [0.1, 0.15) is 38.2 Å². The summed E-state index contributed by atoms with van der Waals surface area (Å²) < 4.78 is 28.8. The van der Waals surface area contributed by atoms with Crippen LogP contribution in [0.3, 0.4) is 0 Å². The fraction of sp³-hybridized carbons (Fsp3) is 0.444. The predicted octanol–water partition coefficient (Wildman–Crippen LogP) is 3.62. The van der Waals surface area contributed by atoms with E-state index in [0.717, 1.165) is 11.2 Å². The zero-order valence-electron chi connectivity index (χ0n) is 15.9. The van der Waals surface area contributed by atoms with Gasteiger partial charge in [0.25, 0.3) is 0 Å². The lowest BCUT2D eigenvalue weighted by atomic mass is 10.2. The van der Waals surface area contributed by atoms with E-state index in [1.54, 1.807) is 26.8 Å². The average Bonchev–Trinajstić information content (AvgIpc) is 3.07. The minimum absolute atomic E-state index is 0.00670. The Balaban J connectivity index is 2.35. The Bertz CT molecular complexity index is 813. The maximum atomic E-state index is 13.6. The summed E-state index contributed by atoms with van der Waals surface area (Å²) in [6.07, 6.45) is 0.568. The van der Waals surface area contributed by atoms with E-state index < -0.39 is 23.8 Å². The summed E-state index contributed by atoms with van der Waals surface area (Å²) in [4.78, 5) is 33.2. The Morgan fingerprint density at radius 1 is 1.37 bits per heavy atom. The number of amides is 1. The van der Waals surface area contributed by atoms with Crippen molar-refractivity contribution in [1.82, 2.24) is 9.97 Å². The van der Waals surface area contributed by atoms with Gasteiger partial charge < -0.3 is 13.9 Å². The molecule has 2 aromatic rings. The molecule has 1 unspecified atom stereocenters. The maximum absolute atomic E-state index is 13.6. The third-order valence-electron chi connectivity index (χ3n) is 3.22. The molecule has 0 radical (unpaired) electrons. The molecule has 2 rings (SSSR count). The van der Waals surface area contributed by atoms with Gasteiger partial charge in [0.05, 0.1) is 13.7 Å². The highest BCUT2D eigenvalue weighted by molar-refractivity contribution is 5.88. The first kappa shape index (κ1) is 20.3. The third kappa shape index (κ3) is 5.50. The van der Waals surface area contributed by atoms with Gasteiger partial charge in [0.15, 0.2) is 5.69 Å². The van der Waals surface area contributed by atoms with E-state index in [1.807, 2.05) is 0 Å². The Labute approximate surface area is 156 Å². The number of halogens is 1. The van der Waals surface area contributed by atoms with Crippen LogP contribution in [-0.4, -0.2) is 47.5 Å². The standard InChI is InChI=1S/C18H22FN3O5/c1-11(19)9-22(17(24)27-18(2,3)4)14-8-12(6-7-20-14)15-21-13(10-26-15)16(23)25-5/h6-8,10-11H,9H2,1-5H3. The summed E-state index contributed by atoms with van der Waals surface area (Å²) >= 11 is 0. The van der Waals surface area contributed by atoms with Crippen LogP contribution in [0.5, 0.6) is 0 Å². The number of pyridine rings is 1. The van der Waals surface area contributed by atoms with Crippen LogP contribution >= 0.6 is 0 Å². The summed E-state index contributed by atoms with van der Waals surface area (Å²) in [5.74, 6) is -0.332. The highest BCUT2D eigenvalue weighted by Gasteiger charge is 2.26. The summed E-state index contributed by atoms with van der Waals surface area (Å²) in [5.41, 5.74) is -0.285. The summed E-state index contributed by atoms with van der Waals surface area (Å²) in [5, 5.41) is 0. The second-order valence-electron chi connectivity index (χ2n) is 6.80. The number of alkyl halides is 1. The van der Waals surface area contributed by atoms with Crippen molar-refractivity contribution in [3.05, 3.63) is 30.3 Å². The van der Waals surface area contributed by atoms with Crippen molar-refractivity contribution in [3.8, 4) is 11.5 Å². The second kappa shape index (κ2) is 8.15. The topological polar surface area (TPSA) is 94.8 Å². The molecule has 0 saturated carbocycles. The van der Waals surface area contributed by atoms with E-state index in [-0.39, 0.29) is 23.9 Å². The van der Waals surface area contributed by atoms with Gasteiger partial charge in [-0.25, -0.2) is 23.9 Å². The molecule has 0 N–H and O–H groups in total. The zero-order valence-corrected chi connectivity index (χ0v) is 15.9. The molecule has 8 nitrogen and oxygen atoms in total. The molecule has 1 atom stereocenters. The average molecular weight is 379 g/mol. The third-order valence-corrected chi connectivity index (χ3v) is 3.22. The molecule has 9 heteroatoms. The highest BCUT2D eigenvalue weighted by Crippen LogP contribution is 2.24. The summed E-state index contributed by atoms with van der Waals surface area (Å²) in [7, 11) is 1.23. The van der Waals surface area contributed by atoms with Crippen LogP contribution < -0.4 is 4.90 Å².